The Morgan fingerprint density at radius 1 is 1.07 bits per heavy atom. The van der Waals surface area contributed by atoms with Crippen molar-refractivity contribution < 1.29 is 28.3 Å². The molecule has 0 unspecified atom stereocenters. The Hall–Kier alpha value is -3.88. The van der Waals surface area contributed by atoms with Crippen molar-refractivity contribution in [2.24, 2.45) is 0 Å². The van der Waals surface area contributed by atoms with Crippen molar-refractivity contribution in [1.29, 1.82) is 0 Å². The molecular weight excluding hydrogens is 378 g/mol. The zero-order chi connectivity index (χ0) is 20.5. The molecule has 9 heteroatoms. The molecular formula is C20H19N3O6. The average molecular weight is 397 g/mol. The molecule has 1 amide bonds. The van der Waals surface area contributed by atoms with E-state index in [4.69, 9.17) is 18.7 Å². The number of amides is 1. The first-order valence-electron chi connectivity index (χ1n) is 8.72. The van der Waals surface area contributed by atoms with Gasteiger partial charge in [-0.05, 0) is 24.3 Å². The normalized spacial score (nSPS) is 10.2. The third kappa shape index (κ3) is 5.80. The molecule has 0 atom stereocenters. The zero-order valence-corrected chi connectivity index (χ0v) is 15.7. The first-order chi connectivity index (χ1) is 14.2. The first kappa shape index (κ1) is 19.9. The summed E-state index contributed by atoms with van der Waals surface area (Å²) in [6, 6.07) is 16.1. The van der Waals surface area contributed by atoms with Crippen LogP contribution < -0.4 is 14.8 Å². The van der Waals surface area contributed by atoms with Crippen LogP contribution in [0.4, 0.5) is 0 Å². The molecule has 0 radical (unpaired) electrons. The minimum absolute atomic E-state index is 0.123. The van der Waals surface area contributed by atoms with E-state index in [0.717, 1.165) is 0 Å². The van der Waals surface area contributed by atoms with Gasteiger partial charge in [0.05, 0.1) is 12.7 Å². The fourth-order valence-electron chi connectivity index (χ4n) is 2.33. The lowest BCUT2D eigenvalue weighted by molar-refractivity contribution is -0.146. The van der Waals surface area contributed by atoms with Crippen molar-refractivity contribution >= 4 is 11.9 Å². The second-order valence-electron chi connectivity index (χ2n) is 5.75. The highest BCUT2D eigenvalue weighted by Crippen LogP contribution is 2.27. The topological polar surface area (TPSA) is 113 Å². The summed E-state index contributed by atoms with van der Waals surface area (Å²) in [5.74, 6) is 0.514. The van der Waals surface area contributed by atoms with E-state index in [2.05, 4.69) is 15.5 Å². The van der Waals surface area contributed by atoms with Crippen LogP contribution in [-0.2, 0) is 20.9 Å². The van der Waals surface area contributed by atoms with Crippen LogP contribution in [0.2, 0.25) is 0 Å². The maximum Gasteiger partial charge on any atom is 0.325 e. The molecule has 0 aliphatic rings. The van der Waals surface area contributed by atoms with Gasteiger partial charge in [0.15, 0.2) is 13.2 Å². The minimum atomic E-state index is -0.643. The molecule has 1 heterocycles. The lowest BCUT2D eigenvalue weighted by Crippen LogP contribution is -2.34. The van der Waals surface area contributed by atoms with E-state index in [9.17, 15) is 9.59 Å². The quantitative estimate of drug-likeness (QED) is 0.546. The Kier molecular flexibility index (Phi) is 6.77. The molecule has 0 aliphatic heterocycles. The van der Waals surface area contributed by atoms with Crippen molar-refractivity contribution in [2.45, 2.75) is 6.61 Å². The largest absolute Gasteiger partial charge is 0.496 e. The Bertz CT molecular complexity index is 958. The van der Waals surface area contributed by atoms with Crippen molar-refractivity contribution in [1.82, 2.24) is 15.5 Å². The molecule has 3 rings (SSSR count). The molecule has 1 aromatic heterocycles. The number of benzene rings is 2. The van der Waals surface area contributed by atoms with Gasteiger partial charge >= 0.3 is 5.97 Å². The fraction of sp³-hybridized carbons (Fsp3) is 0.200. The van der Waals surface area contributed by atoms with Crippen LogP contribution in [0.3, 0.4) is 0 Å². The number of rotatable bonds is 9. The smallest absolute Gasteiger partial charge is 0.325 e. The van der Waals surface area contributed by atoms with Crippen LogP contribution in [0.25, 0.3) is 11.4 Å². The van der Waals surface area contributed by atoms with Gasteiger partial charge < -0.3 is 24.1 Å². The van der Waals surface area contributed by atoms with E-state index in [1.165, 1.54) is 0 Å². The maximum absolute atomic E-state index is 11.8. The number of nitrogens with one attached hydrogen (secondary N) is 1. The number of esters is 1. The lowest BCUT2D eigenvalue weighted by atomic mass is 10.2. The van der Waals surface area contributed by atoms with E-state index >= 15 is 0 Å². The fourth-order valence-corrected chi connectivity index (χ4v) is 2.33. The van der Waals surface area contributed by atoms with Crippen LogP contribution in [0, 0.1) is 0 Å². The molecule has 1 N–H and O–H groups in total. The van der Waals surface area contributed by atoms with Crippen LogP contribution in [0.5, 0.6) is 11.5 Å². The Morgan fingerprint density at radius 2 is 1.83 bits per heavy atom. The van der Waals surface area contributed by atoms with Crippen LogP contribution in [0.15, 0.2) is 59.1 Å². The van der Waals surface area contributed by atoms with Gasteiger partial charge in [-0.2, -0.15) is 4.98 Å². The molecule has 3 aromatic rings. The summed E-state index contributed by atoms with van der Waals surface area (Å²) < 4.78 is 20.6. The number of aromatic nitrogens is 2. The van der Waals surface area contributed by atoms with E-state index in [0.29, 0.717) is 22.9 Å². The summed E-state index contributed by atoms with van der Waals surface area (Å²) in [4.78, 5) is 27.7. The number of para-hydroxylation sites is 2. The Morgan fingerprint density at radius 3 is 2.62 bits per heavy atom. The number of ether oxygens (including phenoxy) is 3. The summed E-state index contributed by atoms with van der Waals surface area (Å²) in [6.45, 7) is -0.717. The predicted molar refractivity (Wildman–Crippen MR) is 101 cm³/mol. The Labute approximate surface area is 166 Å². The highest BCUT2D eigenvalue weighted by Gasteiger charge is 2.14. The van der Waals surface area contributed by atoms with Crippen molar-refractivity contribution in [2.75, 3.05) is 20.3 Å². The molecule has 150 valence electrons. The number of nitrogens with zero attached hydrogens (tertiary/aromatic N) is 2. The van der Waals surface area contributed by atoms with Crippen LogP contribution >= 0.6 is 0 Å². The molecule has 0 bridgehead atoms. The van der Waals surface area contributed by atoms with Crippen LogP contribution in [0.1, 0.15) is 5.89 Å². The minimum Gasteiger partial charge on any atom is -0.496 e. The second-order valence-corrected chi connectivity index (χ2v) is 5.75. The van der Waals surface area contributed by atoms with Crippen molar-refractivity contribution in [3.05, 3.63) is 60.5 Å². The highest BCUT2D eigenvalue weighted by atomic mass is 16.6. The monoisotopic (exact) mass is 397 g/mol. The molecule has 29 heavy (non-hydrogen) atoms. The number of carbonyl (C=O) groups is 2. The summed E-state index contributed by atoms with van der Waals surface area (Å²) in [5, 5.41) is 6.27. The van der Waals surface area contributed by atoms with E-state index < -0.39 is 11.9 Å². The zero-order valence-electron chi connectivity index (χ0n) is 15.7. The van der Waals surface area contributed by atoms with Crippen molar-refractivity contribution in [3.63, 3.8) is 0 Å². The Balaban J connectivity index is 1.42. The summed E-state index contributed by atoms with van der Waals surface area (Å²) in [7, 11) is 1.54. The van der Waals surface area contributed by atoms with Gasteiger partial charge in [0.2, 0.25) is 5.82 Å². The standard InChI is InChI=1S/C20H19N3O6/c1-26-16-10-6-5-9-15(16)20-22-18(29-23-20)13-28-19(25)11-21-17(24)12-27-14-7-3-2-4-8-14/h2-10H,11-13H2,1H3,(H,21,24). The molecule has 2 aromatic carbocycles. The summed E-state index contributed by atoms with van der Waals surface area (Å²) in [6.07, 6.45) is 0. The van der Waals surface area contributed by atoms with Gasteiger partial charge in [-0.15, -0.1) is 0 Å². The highest BCUT2D eigenvalue weighted by molar-refractivity contribution is 5.82. The predicted octanol–water partition coefficient (Wildman–Crippen LogP) is 1.98. The summed E-state index contributed by atoms with van der Waals surface area (Å²) >= 11 is 0. The van der Waals surface area contributed by atoms with Crippen molar-refractivity contribution in [3.8, 4) is 22.9 Å². The SMILES string of the molecule is COc1ccccc1-c1noc(COC(=O)CNC(=O)COc2ccccc2)n1. The number of methoxy groups -OCH3 is 1. The van der Waals surface area contributed by atoms with E-state index in [1.54, 1.807) is 43.5 Å². The molecule has 0 aliphatic carbocycles. The molecule has 0 saturated carbocycles. The number of hydrogen-bond acceptors (Lipinski definition) is 8. The summed E-state index contributed by atoms with van der Waals surface area (Å²) in [5.41, 5.74) is 0.655. The molecule has 0 spiro atoms. The average Bonchev–Trinajstić information content (AvgIpc) is 3.24. The van der Waals surface area contributed by atoms with Gasteiger partial charge in [0.1, 0.15) is 18.0 Å². The second kappa shape index (κ2) is 9.88. The molecule has 9 nitrogen and oxygen atoms in total. The number of carbonyl (C=O) groups excluding carboxylic acids is 2. The number of hydrogen-bond donors (Lipinski definition) is 1. The molecule has 0 fully saturated rings. The molecule has 0 saturated heterocycles. The van der Waals surface area contributed by atoms with Gasteiger partial charge in [-0.25, -0.2) is 0 Å². The van der Waals surface area contributed by atoms with Gasteiger partial charge in [-0.3, -0.25) is 9.59 Å². The maximum atomic E-state index is 11.8. The van der Waals surface area contributed by atoms with Gasteiger partial charge in [0.25, 0.3) is 11.8 Å². The van der Waals surface area contributed by atoms with E-state index in [1.807, 2.05) is 18.2 Å². The third-order valence-electron chi connectivity index (χ3n) is 3.72. The van der Waals surface area contributed by atoms with Crippen LogP contribution in [-0.4, -0.2) is 42.3 Å². The lowest BCUT2D eigenvalue weighted by Gasteiger charge is -2.07. The van der Waals surface area contributed by atoms with Gasteiger partial charge in [0, 0.05) is 0 Å². The van der Waals surface area contributed by atoms with Gasteiger partial charge in [-0.1, -0.05) is 35.5 Å². The first-order valence-corrected chi connectivity index (χ1v) is 8.72. The van der Waals surface area contributed by atoms with E-state index in [-0.39, 0.29) is 25.6 Å². The third-order valence-corrected chi connectivity index (χ3v) is 3.72.